The van der Waals surface area contributed by atoms with Crippen LogP contribution in [0.3, 0.4) is 0 Å². The van der Waals surface area contributed by atoms with E-state index in [1.54, 1.807) is 0 Å². The maximum atomic E-state index is 13.9. The molecular formula is C12H14F2N2O2. The van der Waals surface area contributed by atoms with Gasteiger partial charge in [-0.1, -0.05) is 0 Å². The second-order valence-corrected chi connectivity index (χ2v) is 3.98. The molecule has 4 nitrogen and oxygen atoms in total. The number of hydrogen-bond donors (Lipinski definition) is 1. The van der Waals surface area contributed by atoms with Crippen LogP contribution < -0.4 is 10.1 Å². The van der Waals surface area contributed by atoms with Crippen molar-refractivity contribution < 1.29 is 18.3 Å². The molecule has 0 aromatic heterocycles. The third-order valence-electron chi connectivity index (χ3n) is 2.89. The van der Waals surface area contributed by atoms with Gasteiger partial charge in [0.15, 0.2) is 11.6 Å². The van der Waals surface area contributed by atoms with Crippen molar-refractivity contribution in [3.8, 4) is 5.75 Å². The summed E-state index contributed by atoms with van der Waals surface area (Å²) >= 11 is 0. The number of hydrogen-bond acceptors (Lipinski definition) is 3. The number of halogens is 2. The zero-order chi connectivity index (χ0) is 13.1. The number of benzene rings is 1. The van der Waals surface area contributed by atoms with E-state index < -0.39 is 23.1 Å². The van der Waals surface area contributed by atoms with Crippen molar-refractivity contribution >= 4 is 5.91 Å². The molecule has 1 heterocycles. The Morgan fingerprint density at radius 3 is 2.61 bits per heavy atom. The van der Waals surface area contributed by atoms with Crippen LogP contribution in [0, 0.1) is 11.6 Å². The predicted molar refractivity (Wildman–Crippen MR) is 61.7 cm³/mol. The number of nitrogens with zero attached hydrogens (tertiary/aromatic N) is 1. The Hall–Kier alpha value is -1.69. The molecule has 0 atom stereocenters. The number of nitrogens with one attached hydrogen (secondary N) is 1. The summed E-state index contributed by atoms with van der Waals surface area (Å²) in [6.07, 6.45) is 0. The fourth-order valence-corrected chi connectivity index (χ4v) is 1.91. The lowest BCUT2D eigenvalue weighted by Crippen LogP contribution is -2.46. The van der Waals surface area contributed by atoms with Gasteiger partial charge in [0.2, 0.25) is 0 Å². The van der Waals surface area contributed by atoms with Crippen LogP contribution >= 0.6 is 0 Å². The molecule has 1 aliphatic heterocycles. The minimum atomic E-state index is -0.943. The van der Waals surface area contributed by atoms with Crippen LogP contribution in [0.2, 0.25) is 0 Å². The van der Waals surface area contributed by atoms with Crippen molar-refractivity contribution in [2.75, 3.05) is 33.3 Å². The number of methoxy groups -OCH3 is 1. The van der Waals surface area contributed by atoms with Crippen molar-refractivity contribution in [2.45, 2.75) is 0 Å². The van der Waals surface area contributed by atoms with E-state index in [0.717, 1.165) is 6.07 Å². The topological polar surface area (TPSA) is 41.6 Å². The molecule has 18 heavy (non-hydrogen) atoms. The Balaban J connectivity index is 2.34. The zero-order valence-electron chi connectivity index (χ0n) is 10.0. The second kappa shape index (κ2) is 5.30. The minimum Gasteiger partial charge on any atom is -0.494 e. The van der Waals surface area contributed by atoms with E-state index >= 15 is 0 Å². The number of rotatable bonds is 2. The van der Waals surface area contributed by atoms with E-state index in [-0.39, 0.29) is 5.75 Å². The Morgan fingerprint density at radius 1 is 1.33 bits per heavy atom. The van der Waals surface area contributed by atoms with Crippen LogP contribution in [0.4, 0.5) is 8.78 Å². The van der Waals surface area contributed by atoms with Crippen LogP contribution in [0.15, 0.2) is 12.1 Å². The molecule has 1 fully saturated rings. The summed E-state index contributed by atoms with van der Waals surface area (Å²) in [6, 6.07) is 2.20. The Labute approximate surface area is 104 Å². The normalized spacial score (nSPS) is 15.6. The maximum absolute atomic E-state index is 13.9. The van der Waals surface area contributed by atoms with Crippen LogP contribution in [0.5, 0.6) is 5.75 Å². The lowest BCUT2D eigenvalue weighted by atomic mass is 10.1. The molecule has 1 aliphatic rings. The third-order valence-corrected chi connectivity index (χ3v) is 2.89. The molecule has 0 radical (unpaired) electrons. The largest absolute Gasteiger partial charge is 0.494 e. The van der Waals surface area contributed by atoms with E-state index in [0.29, 0.717) is 26.2 Å². The summed E-state index contributed by atoms with van der Waals surface area (Å²) in [5, 5.41) is 3.07. The fraction of sp³-hybridized carbons (Fsp3) is 0.417. The van der Waals surface area contributed by atoms with Gasteiger partial charge in [0.1, 0.15) is 11.4 Å². The molecule has 98 valence electrons. The molecular weight excluding hydrogens is 242 g/mol. The van der Waals surface area contributed by atoms with Crippen molar-refractivity contribution in [3.05, 3.63) is 29.3 Å². The molecule has 0 aliphatic carbocycles. The molecule has 1 amide bonds. The van der Waals surface area contributed by atoms with E-state index in [1.807, 2.05) is 0 Å². The van der Waals surface area contributed by atoms with Crippen LogP contribution in [0.25, 0.3) is 0 Å². The highest BCUT2D eigenvalue weighted by molar-refractivity contribution is 5.95. The molecule has 1 N–H and O–H groups in total. The summed E-state index contributed by atoms with van der Waals surface area (Å²) in [5.74, 6) is -2.57. The third kappa shape index (κ3) is 2.28. The van der Waals surface area contributed by atoms with Crippen LogP contribution in [0.1, 0.15) is 10.4 Å². The molecule has 0 saturated carbocycles. The Morgan fingerprint density at radius 2 is 2.00 bits per heavy atom. The SMILES string of the molecule is COc1ccc(F)c(C(=O)N2CCNCC2)c1F. The highest BCUT2D eigenvalue weighted by Crippen LogP contribution is 2.24. The average molecular weight is 256 g/mol. The summed E-state index contributed by atoms with van der Waals surface area (Å²) in [4.78, 5) is 13.5. The highest BCUT2D eigenvalue weighted by atomic mass is 19.1. The molecule has 1 aromatic carbocycles. The number of carbonyl (C=O) groups excluding carboxylic acids is 1. The van der Waals surface area contributed by atoms with Gasteiger partial charge in [-0.15, -0.1) is 0 Å². The lowest BCUT2D eigenvalue weighted by Gasteiger charge is -2.27. The molecule has 6 heteroatoms. The molecule has 0 unspecified atom stereocenters. The number of piperazine rings is 1. The molecule has 2 rings (SSSR count). The predicted octanol–water partition coefficient (Wildman–Crippen LogP) is 1.02. The standard InChI is InChI=1S/C12H14F2N2O2/c1-18-9-3-2-8(13)10(11(9)14)12(17)16-6-4-15-5-7-16/h2-3,15H,4-7H2,1H3. The summed E-state index contributed by atoms with van der Waals surface area (Å²) in [6.45, 7) is 2.13. The molecule has 0 bridgehead atoms. The van der Waals surface area contributed by atoms with E-state index in [2.05, 4.69) is 5.32 Å². The van der Waals surface area contributed by atoms with Gasteiger partial charge >= 0.3 is 0 Å². The van der Waals surface area contributed by atoms with Crippen LogP contribution in [-0.4, -0.2) is 44.1 Å². The lowest BCUT2D eigenvalue weighted by molar-refractivity contribution is 0.0725. The first kappa shape index (κ1) is 12.8. The number of amides is 1. The smallest absolute Gasteiger partial charge is 0.260 e. The zero-order valence-corrected chi connectivity index (χ0v) is 10.0. The van der Waals surface area contributed by atoms with Crippen molar-refractivity contribution in [1.82, 2.24) is 10.2 Å². The van der Waals surface area contributed by atoms with E-state index in [1.165, 1.54) is 18.1 Å². The fourth-order valence-electron chi connectivity index (χ4n) is 1.91. The van der Waals surface area contributed by atoms with Gasteiger partial charge in [-0.25, -0.2) is 8.78 Å². The first-order valence-corrected chi connectivity index (χ1v) is 5.67. The highest BCUT2D eigenvalue weighted by Gasteiger charge is 2.26. The summed E-state index contributed by atoms with van der Waals surface area (Å²) in [7, 11) is 1.27. The van der Waals surface area contributed by atoms with Gasteiger partial charge in [-0.05, 0) is 12.1 Å². The summed E-state index contributed by atoms with van der Waals surface area (Å²) in [5.41, 5.74) is -0.545. The second-order valence-electron chi connectivity index (χ2n) is 3.98. The summed E-state index contributed by atoms with van der Waals surface area (Å²) < 4.78 is 32.3. The van der Waals surface area contributed by atoms with E-state index in [9.17, 15) is 13.6 Å². The van der Waals surface area contributed by atoms with Crippen molar-refractivity contribution in [2.24, 2.45) is 0 Å². The first-order valence-electron chi connectivity index (χ1n) is 5.67. The quantitative estimate of drug-likeness (QED) is 0.859. The monoisotopic (exact) mass is 256 g/mol. The van der Waals surface area contributed by atoms with Gasteiger partial charge in [0, 0.05) is 26.2 Å². The molecule has 1 saturated heterocycles. The Kier molecular flexibility index (Phi) is 3.76. The van der Waals surface area contributed by atoms with Gasteiger partial charge in [0.25, 0.3) is 5.91 Å². The van der Waals surface area contributed by atoms with Gasteiger partial charge in [0.05, 0.1) is 7.11 Å². The van der Waals surface area contributed by atoms with Crippen molar-refractivity contribution in [3.63, 3.8) is 0 Å². The molecule has 1 aromatic rings. The molecule has 0 spiro atoms. The Bertz CT molecular complexity index is 460. The number of carbonyl (C=O) groups is 1. The van der Waals surface area contributed by atoms with Gasteiger partial charge in [-0.2, -0.15) is 0 Å². The van der Waals surface area contributed by atoms with Crippen LogP contribution in [-0.2, 0) is 0 Å². The minimum absolute atomic E-state index is 0.130. The average Bonchev–Trinajstić information content (AvgIpc) is 2.40. The van der Waals surface area contributed by atoms with E-state index in [4.69, 9.17) is 4.74 Å². The maximum Gasteiger partial charge on any atom is 0.260 e. The van der Waals surface area contributed by atoms with Gasteiger partial charge in [-0.3, -0.25) is 4.79 Å². The number of ether oxygens (including phenoxy) is 1. The van der Waals surface area contributed by atoms with Gasteiger partial charge < -0.3 is 15.0 Å². The van der Waals surface area contributed by atoms with Crippen molar-refractivity contribution in [1.29, 1.82) is 0 Å². The first-order chi connectivity index (χ1) is 8.65.